The van der Waals surface area contributed by atoms with Crippen LogP contribution >= 0.6 is 12.4 Å². The van der Waals surface area contributed by atoms with Crippen LogP contribution < -0.4 is 28.4 Å². The monoisotopic (exact) mass is 358 g/mol. The van der Waals surface area contributed by atoms with Gasteiger partial charge in [-0.3, -0.25) is 0 Å². The number of benzene rings is 3. The van der Waals surface area contributed by atoms with Gasteiger partial charge in [0.05, 0.1) is 0 Å². The van der Waals surface area contributed by atoms with Crippen LogP contribution in [0.4, 0.5) is 11.4 Å². The lowest BCUT2D eigenvalue weighted by Gasteiger charge is -2.06. The average Bonchev–Trinajstić information content (AvgIpc) is 2.54. The minimum Gasteiger partial charge on any atom is -1.00 e. The van der Waals surface area contributed by atoms with Crippen LogP contribution in [-0.2, 0) is 0 Å². The molecule has 0 atom stereocenters. The van der Waals surface area contributed by atoms with Crippen LogP contribution in [0.15, 0.2) is 66.7 Å². The summed E-state index contributed by atoms with van der Waals surface area (Å²) in [5, 5.41) is 0. The Hall–Kier alpha value is -2.56. The van der Waals surface area contributed by atoms with Gasteiger partial charge in [-0.05, 0) is 24.3 Å². The second-order valence-corrected chi connectivity index (χ2v) is 5.28. The molecule has 4 N–H and O–H groups in total. The van der Waals surface area contributed by atoms with Crippen molar-refractivity contribution in [3.63, 3.8) is 0 Å². The average molecular weight is 359 g/mol. The Morgan fingerprint density at radius 1 is 0.708 bits per heavy atom. The maximum atomic E-state index is 5.98. The molecular formula is C18H16Cl2N4. The summed E-state index contributed by atoms with van der Waals surface area (Å²) in [5.41, 5.74) is 18.2. The number of para-hydroxylation sites is 1. The summed E-state index contributed by atoms with van der Waals surface area (Å²) < 4.78 is 2.14. The third-order valence-electron chi connectivity index (χ3n) is 3.74. The fourth-order valence-electron chi connectivity index (χ4n) is 2.74. The van der Waals surface area contributed by atoms with Crippen molar-refractivity contribution in [2.24, 2.45) is 0 Å². The van der Waals surface area contributed by atoms with Crippen LogP contribution in [0, 0.1) is 0 Å². The van der Waals surface area contributed by atoms with E-state index in [-0.39, 0.29) is 24.8 Å². The molecule has 0 spiro atoms. The fraction of sp³-hybridized carbons (Fsp3) is 0. The molecule has 0 saturated carbocycles. The molecular weight excluding hydrogens is 343 g/mol. The van der Waals surface area contributed by atoms with Crippen LogP contribution in [0.1, 0.15) is 0 Å². The van der Waals surface area contributed by atoms with Crippen molar-refractivity contribution in [3.05, 3.63) is 66.7 Å². The maximum absolute atomic E-state index is 5.98. The van der Waals surface area contributed by atoms with E-state index in [9.17, 15) is 0 Å². The number of fused-ring (bicyclic) bond motifs is 2. The molecule has 0 radical (unpaired) electrons. The molecule has 0 unspecified atom stereocenters. The Bertz CT molecular complexity index is 944. The van der Waals surface area contributed by atoms with Crippen molar-refractivity contribution >= 4 is 45.8 Å². The molecule has 0 amide bonds. The Morgan fingerprint density at radius 2 is 1.21 bits per heavy atom. The molecule has 0 aliphatic carbocycles. The first-order valence-corrected chi connectivity index (χ1v) is 7.08. The highest BCUT2D eigenvalue weighted by Crippen LogP contribution is 2.20. The van der Waals surface area contributed by atoms with Gasteiger partial charge >= 0.3 is 0 Å². The highest BCUT2D eigenvalue weighted by Gasteiger charge is 2.19. The van der Waals surface area contributed by atoms with Gasteiger partial charge in [-0.1, -0.05) is 18.2 Å². The highest BCUT2D eigenvalue weighted by atomic mass is 35.5. The number of rotatable bonds is 1. The van der Waals surface area contributed by atoms with Crippen LogP contribution in [-0.4, -0.2) is 4.98 Å². The zero-order valence-corrected chi connectivity index (χ0v) is 14.3. The summed E-state index contributed by atoms with van der Waals surface area (Å²) in [5.74, 6) is 0. The molecule has 6 heteroatoms. The molecule has 24 heavy (non-hydrogen) atoms. The van der Waals surface area contributed by atoms with E-state index in [1.807, 2.05) is 54.6 Å². The smallest absolute Gasteiger partial charge is 0.239 e. The molecule has 0 aliphatic rings. The maximum Gasteiger partial charge on any atom is 0.239 e. The summed E-state index contributed by atoms with van der Waals surface area (Å²) in [6.07, 6.45) is 0. The number of nitrogens with zero attached hydrogens (tertiary/aromatic N) is 2. The van der Waals surface area contributed by atoms with Crippen molar-refractivity contribution in [1.29, 1.82) is 0 Å². The largest absolute Gasteiger partial charge is 1.00 e. The van der Waals surface area contributed by atoms with Crippen molar-refractivity contribution in [2.45, 2.75) is 0 Å². The molecule has 0 fully saturated rings. The summed E-state index contributed by atoms with van der Waals surface area (Å²) in [7, 11) is 0. The molecule has 3 aromatic carbocycles. The normalized spacial score (nSPS) is 10.2. The van der Waals surface area contributed by atoms with E-state index >= 15 is 0 Å². The Balaban J connectivity index is 0.00000104. The van der Waals surface area contributed by atoms with Gasteiger partial charge in [0.1, 0.15) is 11.0 Å². The van der Waals surface area contributed by atoms with Crippen LogP contribution in [0.25, 0.3) is 27.8 Å². The van der Waals surface area contributed by atoms with Crippen LogP contribution in [0.5, 0.6) is 0 Å². The molecule has 4 rings (SSSR count). The summed E-state index contributed by atoms with van der Waals surface area (Å²) in [6, 6.07) is 21.7. The second kappa shape index (κ2) is 6.91. The van der Waals surface area contributed by atoms with E-state index in [2.05, 4.69) is 16.7 Å². The molecule has 0 saturated heterocycles. The van der Waals surface area contributed by atoms with E-state index < -0.39 is 0 Å². The second-order valence-electron chi connectivity index (χ2n) is 5.28. The number of hydrogen-bond acceptors (Lipinski definition) is 3. The third-order valence-corrected chi connectivity index (χ3v) is 3.74. The van der Waals surface area contributed by atoms with Crippen LogP contribution in [0.2, 0.25) is 0 Å². The Kier molecular flexibility index (Phi) is 5.12. The standard InChI is InChI=1S/C18H14N4.2ClH/c19-12-6-8-15-17(10-12)22(14-4-2-1-3-5-14)18-11-13(20)7-9-16(18)21-15;;/h1-11H,(H3,19,20);2*1H. The molecule has 1 heterocycles. The fourth-order valence-corrected chi connectivity index (χ4v) is 2.74. The van der Waals surface area contributed by atoms with Gasteiger partial charge in [-0.2, -0.15) is 0 Å². The predicted octanol–water partition coefficient (Wildman–Crippen LogP) is 0.255. The van der Waals surface area contributed by atoms with E-state index in [0.29, 0.717) is 11.4 Å². The highest BCUT2D eigenvalue weighted by molar-refractivity contribution is 5.86. The number of nitrogen functional groups attached to an aromatic ring is 2. The lowest BCUT2D eigenvalue weighted by molar-refractivity contribution is -0.538. The first-order valence-electron chi connectivity index (χ1n) is 7.08. The van der Waals surface area contributed by atoms with E-state index in [4.69, 9.17) is 16.5 Å². The van der Waals surface area contributed by atoms with E-state index in [1.54, 1.807) is 0 Å². The Labute approximate surface area is 151 Å². The first kappa shape index (κ1) is 17.8. The molecule has 0 bridgehead atoms. The van der Waals surface area contributed by atoms with E-state index in [1.165, 1.54) is 0 Å². The molecule has 0 aliphatic heterocycles. The number of anilines is 2. The van der Waals surface area contributed by atoms with Gasteiger partial charge in [0.15, 0.2) is 0 Å². The van der Waals surface area contributed by atoms with Gasteiger partial charge in [-0.25, -0.2) is 4.98 Å². The van der Waals surface area contributed by atoms with Gasteiger partial charge in [-0.15, -0.1) is 17.0 Å². The number of aromatic nitrogens is 2. The van der Waals surface area contributed by atoms with Gasteiger partial charge in [0.25, 0.3) is 0 Å². The summed E-state index contributed by atoms with van der Waals surface area (Å²) in [4.78, 5) is 4.71. The number of hydrogen-bond donors (Lipinski definition) is 2. The lowest BCUT2D eigenvalue weighted by Crippen LogP contribution is -3.00. The van der Waals surface area contributed by atoms with E-state index in [0.717, 1.165) is 27.8 Å². The Morgan fingerprint density at radius 3 is 1.71 bits per heavy atom. The minimum atomic E-state index is 0. The quantitative estimate of drug-likeness (QED) is 0.291. The van der Waals surface area contributed by atoms with Crippen molar-refractivity contribution in [1.82, 2.24) is 4.98 Å². The molecule has 1 aromatic heterocycles. The topological polar surface area (TPSA) is 68.8 Å². The van der Waals surface area contributed by atoms with Gasteiger partial charge in [0, 0.05) is 35.6 Å². The van der Waals surface area contributed by atoms with Crippen molar-refractivity contribution in [2.75, 3.05) is 11.5 Å². The van der Waals surface area contributed by atoms with Gasteiger partial charge in [0.2, 0.25) is 16.7 Å². The summed E-state index contributed by atoms with van der Waals surface area (Å²) in [6.45, 7) is 0. The minimum absolute atomic E-state index is 0. The van der Waals surface area contributed by atoms with Gasteiger partial charge < -0.3 is 23.9 Å². The summed E-state index contributed by atoms with van der Waals surface area (Å²) >= 11 is 0. The zero-order chi connectivity index (χ0) is 15.1. The van der Waals surface area contributed by atoms with Crippen molar-refractivity contribution < 1.29 is 17.0 Å². The molecule has 4 aromatic rings. The SMILES string of the molecule is Cl.Nc1ccc2nc3ccc(N)cc3[n+](-c3ccccc3)c2c1.[Cl-]. The molecule has 4 nitrogen and oxygen atoms in total. The molecule has 122 valence electrons. The van der Waals surface area contributed by atoms with Crippen molar-refractivity contribution in [3.8, 4) is 5.69 Å². The lowest BCUT2D eigenvalue weighted by atomic mass is 10.2. The third kappa shape index (κ3) is 2.94. The number of nitrogens with two attached hydrogens (primary N) is 2. The van der Waals surface area contributed by atoms with Crippen LogP contribution in [0.3, 0.4) is 0 Å². The number of halogens is 2. The first-order chi connectivity index (χ1) is 10.7. The zero-order valence-electron chi connectivity index (χ0n) is 12.7. The predicted molar refractivity (Wildman–Crippen MR) is 96.9 cm³/mol.